The molecule has 0 amide bonds. The second-order valence-corrected chi connectivity index (χ2v) is 5.58. The number of aromatic nitrogens is 2. The highest BCUT2D eigenvalue weighted by Gasteiger charge is 2.07. The van der Waals surface area contributed by atoms with Crippen LogP contribution >= 0.6 is 15.9 Å². The van der Waals surface area contributed by atoms with Crippen LogP contribution < -0.4 is 10.1 Å². The van der Waals surface area contributed by atoms with Gasteiger partial charge in [0.05, 0.1) is 17.3 Å². The van der Waals surface area contributed by atoms with Crippen LogP contribution in [0.3, 0.4) is 0 Å². The molecule has 0 bridgehead atoms. The third-order valence-electron chi connectivity index (χ3n) is 3.06. The second kappa shape index (κ2) is 6.79. The van der Waals surface area contributed by atoms with Crippen LogP contribution in [0.5, 0.6) is 5.75 Å². The first kappa shape index (κ1) is 14.9. The zero-order chi connectivity index (χ0) is 14.5. The first-order chi connectivity index (χ1) is 9.63. The summed E-state index contributed by atoms with van der Waals surface area (Å²) in [6, 6.07) is 5.91. The predicted molar refractivity (Wildman–Crippen MR) is 85.8 cm³/mol. The molecule has 2 rings (SSSR count). The van der Waals surface area contributed by atoms with Gasteiger partial charge in [-0.2, -0.15) is 0 Å². The number of ether oxygens (including phenoxy) is 1. The Labute approximate surface area is 128 Å². The average Bonchev–Trinajstić information content (AvgIpc) is 2.76. The molecule has 0 aliphatic rings. The van der Waals surface area contributed by atoms with Gasteiger partial charge in [0.2, 0.25) is 5.95 Å². The van der Waals surface area contributed by atoms with E-state index >= 15 is 0 Å². The van der Waals surface area contributed by atoms with Crippen molar-refractivity contribution in [3.8, 4) is 5.75 Å². The summed E-state index contributed by atoms with van der Waals surface area (Å²) < 4.78 is 8.32. The van der Waals surface area contributed by atoms with E-state index < -0.39 is 0 Å². The topological polar surface area (TPSA) is 39.1 Å². The number of nitrogens with one attached hydrogen (secondary N) is 1. The van der Waals surface area contributed by atoms with Gasteiger partial charge in [0, 0.05) is 18.4 Å². The van der Waals surface area contributed by atoms with Crippen molar-refractivity contribution in [2.45, 2.75) is 33.2 Å². The maximum Gasteiger partial charge on any atom is 0.207 e. The molecule has 0 unspecified atom stereocenters. The molecule has 1 heterocycles. The maximum absolute atomic E-state index is 5.24. The molecular formula is C15H20BrN3O. The Morgan fingerprint density at radius 3 is 2.85 bits per heavy atom. The van der Waals surface area contributed by atoms with Gasteiger partial charge in [-0.05, 0) is 47.5 Å². The maximum atomic E-state index is 5.24. The number of hydrogen-bond acceptors (Lipinski definition) is 3. The normalized spacial score (nSPS) is 10.6. The highest BCUT2D eigenvalue weighted by molar-refractivity contribution is 9.10. The number of nitrogens with zero attached hydrogens (tertiary/aromatic N) is 2. The summed E-state index contributed by atoms with van der Waals surface area (Å²) in [5.74, 6) is 1.70. The summed E-state index contributed by atoms with van der Waals surface area (Å²) in [5.41, 5.74) is 2.01. The number of halogens is 1. The monoisotopic (exact) mass is 337 g/mol. The van der Waals surface area contributed by atoms with Crippen molar-refractivity contribution in [2.75, 3.05) is 12.4 Å². The number of hydrogen-bond donors (Lipinski definition) is 1. The largest absolute Gasteiger partial charge is 0.496 e. The smallest absolute Gasteiger partial charge is 0.207 e. The fourth-order valence-corrected chi connectivity index (χ4v) is 2.56. The lowest BCUT2D eigenvalue weighted by Crippen LogP contribution is -2.03. The third-order valence-corrected chi connectivity index (χ3v) is 3.68. The van der Waals surface area contributed by atoms with Crippen LogP contribution in [0.15, 0.2) is 28.9 Å². The Morgan fingerprint density at radius 2 is 2.20 bits per heavy atom. The Hall–Kier alpha value is -1.49. The molecule has 0 atom stereocenters. The number of aryl methyl sites for hydroxylation is 2. The van der Waals surface area contributed by atoms with Gasteiger partial charge in [-0.25, -0.2) is 4.98 Å². The molecule has 0 saturated heterocycles. The molecule has 0 spiro atoms. The van der Waals surface area contributed by atoms with Crippen molar-refractivity contribution >= 4 is 27.6 Å². The molecule has 1 aromatic heterocycles. The van der Waals surface area contributed by atoms with Gasteiger partial charge in [0.1, 0.15) is 5.75 Å². The Morgan fingerprint density at radius 1 is 1.40 bits per heavy atom. The van der Waals surface area contributed by atoms with E-state index in [2.05, 4.69) is 43.9 Å². The second-order valence-electron chi connectivity index (χ2n) is 4.73. The highest BCUT2D eigenvalue weighted by atomic mass is 79.9. The summed E-state index contributed by atoms with van der Waals surface area (Å²) in [7, 11) is 1.66. The molecule has 0 saturated carbocycles. The summed E-state index contributed by atoms with van der Waals surface area (Å²) in [6.07, 6.45) is 4.40. The van der Waals surface area contributed by atoms with E-state index in [9.17, 15) is 0 Å². The van der Waals surface area contributed by atoms with Crippen molar-refractivity contribution < 1.29 is 4.74 Å². The van der Waals surface area contributed by atoms with Crippen LogP contribution in [0, 0.1) is 6.92 Å². The van der Waals surface area contributed by atoms with Crippen molar-refractivity contribution in [2.24, 2.45) is 0 Å². The lowest BCUT2D eigenvalue weighted by atomic mass is 10.3. The van der Waals surface area contributed by atoms with Crippen LogP contribution in [0.4, 0.5) is 11.6 Å². The summed E-state index contributed by atoms with van der Waals surface area (Å²) >= 11 is 3.49. The molecule has 0 fully saturated rings. The minimum atomic E-state index is 0.820. The zero-order valence-corrected chi connectivity index (χ0v) is 13.7. The van der Waals surface area contributed by atoms with Crippen LogP contribution in [-0.4, -0.2) is 16.7 Å². The Kier molecular flexibility index (Phi) is 5.06. The molecule has 0 radical (unpaired) electrons. The van der Waals surface area contributed by atoms with Gasteiger partial charge in [-0.1, -0.05) is 13.3 Å². The SMILES string of the molecule is CCCCn1cc(C)nc1Nc1ccc(OC)c(Br)c1. The van der Waals surface area contributed by atoms with Crippen molar-refractivity contribution in [3.05, 3.63) is 34.6 Å². The first-order valence-electron chi connectivity index (χ1n) is 6.78. The van der Waals surface area contributed by atoms with Gasteiger partial charge in [0.25, 0.3) is 0 Å². The molecule has 108 valence electrons. The minimum absolute atomic E-state index is 0.820. The van der Waals surface area contributed by atoms with Crippen molar-refractivity contribution in [1.29, 1.82) is 0 Å². The van der Waals surface area contributed by atoms with E-state index in [0.29, 0.717) is 0 Å². The van der Waals surface area contributed by atoms with Gasteiger partial charge >= 0.3 is 0 Å². The van der Waals surface area contributed by atoms with Gasteiger partial charge in [-0.3, -0.25) is 0 Å². The van der Waals surface area contributed by atoms with Crippen molar-refractivity contribution in [1.82, 2.24) is 9.55 Å². The van der Waals surface area contributed by atoms with E-state index in [1.807, 2.05) is 25.1 Å². The molecular weight excluding hydrogens is 318 g/mol. The lowest BCUT2D eigenvalue weighted by Gasteiger charge is -2.10. The Balaban J connectivity index is 2.18. The number of benzene rings is 1. The molecule has 1 aromatic carbocycles. The molecule has 1 N–H and O–H groups in total. The first-order valence-corrected chi connectivity index (χ1v) is 7.57. The fourth-order valence-electron chi connectivity index (χ4n) is 2.02. The molecule has 5 heteroatoms. The number of unbranched alkanes of at least 4 members (excludes halogenated alkanes) is 1. The summed E-state index contributed by atoms with van der Waals surface area (Å²) in [6.45, 7) is 5.19. The summed E-state index contributed by atoms with van der Waals surface area (Å²) in [4.78, 5) is 4.54. The predicted octanol–water partition coefficient (Wildman–Crippen LogP) is 4.51. The zero-order valence-electron chi connectivity index (χ0n) is 12.1. The van der Waals surface area contributed by atoms with Crippen LogP contribution in [0.1, 0.15) is 25.5 Å². The fraction of sp³-hybridized carbons (Fsp3) is 0.400. The Bertz CT molecular complexity index is 580. The van der Waals surface area contributed by atoms with Gasteiger partial charge in [-0.15, -0.1) is 0 Å². The molecule has 0 aliphatic carbocycles. The lowest BCUT2D eigenvalue weighted by molar-refractivity contribution is 0.412. The van der Waals surface area contributed by atoms with Crippen molar-refractivity contribution in [3.63, 3.8) is 0 Å². The number of anilines is 2. The average molecular weight is 338 g/mol. The van der Waals surface area contributed by atoms with Crippen LogP contribution in [0.25, 0.3) is 0 Å². The number of rotatable bonds is 6. The van der Waals surface area contributed by atoms with E-state index in [1.165, 1.54) is 6.42 Å². The van der Waals surface area contributed by atoms with Crippen LogP contribution in [0.2, 0.25) is 0 Å². The standard InChI is InChI=1S/C15H20BrN3O/c1-4-5-8-19-10-11(2)17-15(19)18-12-6-7-14(20-3)13(16)9-12/h6-7,9-10H,4-5,8H2,1-3H3,(H,17,18). The molecule has 2 aromatic rings. The third kappa shape index (κ3) is 3.54. The number of methoxy groups -OCH3 is 1. The van der Waals surface area contributed by atoms with E-state index in [1.54, 1.807) is 7.11 Å². The highest BCUT2D eigenvalue weighted by Crippen LogP contribution is 2.29. The van der Waals surface area contributed by atoms with Crippen LogP contribution in [-0.2, 0) is 6.54 Å². The molecule has 20 heavy (non-hydrogen) atoms. The van der Waals surface area contributed by atoms with Gasteiger partial charge < -0.3 is 14.6 Å². The quantitative estimate of drug-likeness (QED) is 0.842. The minimum Gasteiger partial charge on any atom is -0.496 e. The summed E-state index contributed by atoms with van der Waals surface area (Å²) in [5, 5.41) is 3.36. The molecule has 4 nitrogen and oxygen atoms in total. The van der Waals surface area contributed by atoms with Gasteiger partial charge in [0.15, 0.2) is 0 Å². The van der Waals surface area contributed by atoms with E-state index in [0.717, 1.165) is 40.5 Å². The number of imidazole rings is 1. The van der Waals surface area contributed by atoms with E-state index in [-0.39, 0.29) is 0 Å². The molecule has 0 aliphatic heterocycles. The van der Waals surface area contributed by atoms with E-state index in [4.69, 9.17) is 4.74 Å².